The SMILES string of the molecule is CCOC(=O)OC1=C(c2c(C)cc(C)cc2C)C(=O)N(C)C12CCN(OC)CC2.C[N+](C)(C)CCCCl. The molecule has 208 valence electrons. The molecule has 1 saturated heterocycles. The minimum absolute atomic E-state index is 0.134. The Labute approximate surface area is 227 Å². The number of rotatable bonds is 7. The van der Waals surface area contributed by atoms with Gasteiger partial charge >= 0.3 is 6.16 Å². The fourth-order valence-corrected chi connectivity index (χ4v) is 5.27. The second kappa shape index (κ2) is 13.1. The topological polar surface area (TPSA) is 68.3 Å². The van der Waals surface area contributed by atoms with E-state index >= 15 is 0 Å². The molecule has 0 radical (unpaired) electrons. The highest BCUT2D eigenvalue weighted by molar-refractivity contribution is 6.24. The normalized spacial score (nSPS) is 17.7. The van der Waals surface area contributed by atoms with E-state index in [0.29, 0.717) is 37.3 Å². The molecule has 0 bridgehead atoms. The molecule has 3 rings (SSSR count). The van der Waals surface area contributed by atoms with Crippen molar-refractivity contribution < 1.29 is 28.4 Å². The molecule has 8 nitrogen and oxygen atoms in total. The number of likely N-dealkylation sites (N-methyl/N-ethyl adjacent to an activating group) is 1. The summed E-state index contributed by atoms with van der Waals surface area (Å²) in [5.41, 5.74) is 3.68. The van der Waals surface area contributed by atoms with Crippen LogP contribution in [0.4, 0.5) is 4.79 Å². The second-order valence-electron chi connectivity index (χ2n) is 10.8. The molecule has 1 fully saturated rings. The highest BCUT2D eigenvalue weighted by atomic mass is 35.5. The Morgan fingerprint density at radius 2 is 1.68 bits per heavy atom. The maximum absolute atomic E-state index is 13.5. The van der Waals surface area contributed by atoms with Crippen LogP contribution in [0.5, 0.6) is 0 Å². The van der Waals surface area contributed by atoms with Crippen molar-refractivity contribution in [3.63, 3.8) is 0 Å². The largest absolute Gasteiger partial charge is 0.513 e. The number of piperidine rings is 1. The first kappa shape index (κ1) is 31.1. The van der Waals surface area contributed by atoms with Crippen molar-refractivity contribution in [2.45, 2.75) is 52.5 Å². The summed E-state index contributed by atoms with van der Waals surface area (Å²) in [5, 5.41) is 1.85. The van der Waals surface area contributed by atoms with E-state index in [0.717, 1.165) is 39.0 Å². The number of nitrogens with zero attached hydrogens (tertiary/aromatic N) is 3. The minimum Gasteiger partial charge on any atom is -0.434 e. The van der Waals surface area contributed by atoms with Crippen molar-refractivity contribution in [2.24, 2.45) is 0 Å². The van der Waals surface area contributed by atoms with Crippen LogP contribution in [0.25, 0.3) is 5.57 Å². The smallest absolute Gasteiger partial charge is 0.434 e. The molecule has 1 aromatic carbocycles. The van der Waals surface area contributed by atoms with Crippen LogP contribution < -0.4 is 0 Å². The molecule has 1 amide bonds. The van der Waals surface area contributed by atoms with Crippen molar-refractivity contribution in [3.05, 3.63) is 40.1 Å². The van der Waals surface area contributed by atoms with Gasteiger partial charge in [-0.2, -0.15) is 5.06 Å². The fourth-order valence-electron chi connectivity index (χ4n) is 5.15. The molecule has 1 spiro atoms. The van der Waals surface area contributed by atoms with Gasteiger partial charge in [0.15, 0.2) is 5.76 Å². The van der Waals surface area contributed by atoms with E-state index in [-0.39, 0.29) is 12.5 Å². The van der Waals surface area contributed by atoms with E-state index in [9.17, 15) is 9.59 Å². The first-order valence-corrected chi connectivity index (χ1v) is 13.5. The number of halogens is 1. The first-order chi connectivity index (χ1) is 17.3. The average Bonchev–Trinajstić information content (AvgIpc) is 3.00. The lowest BCUT2D eigenvalue weighted by Gasteiger charge is -2.43. The molecule has 9 heteroatoms. The molecule has 0 saturated carbocycles. The number of amides is 1. The van der Waals surface area contributed by atoms with Gasteiger partial charge in [-0.1, -0.05) is 17.7 Å². The van der Waals surface area contributed by atoms with Crippen LogP contribution in [-0.2, 0) is 19.1 Å². The zero-order chi connectivity index (χ0) is 28.0. The lowest BCUT2D eigenvalue weighted by Crippen LogP contribution is -2.53. The van der Waals surface area contributed by atoms with Crippen molar-refractivity contribution in [3.8, 4) is 0 Å². The van der Waals surface area contributed by atoms with Crippen LogP contribution in [0.1, 0.15) is 48.4 Å². The molecule has 2 heterocycles. The quantitative estimate of drug-likeness (QED) is 0.285. The Bertz CT molecular complexity index is 971. The number of aryl methyl sites for hydroxylation is 3. The molecule has 0 atom stereocenters. The maximum Gasteiger partial charge on any atom is 0.513 e. The van der Waals surface area contributed by atoms with Crippen LogP contribution in [0.3, 0.4) is 0 Å². The summed E-state index contributed by atoms with van der Waals surface area (Å²) >= 11 is 5.50. The van der Waals surface area contributed by atoms with Crippen LogP contribution in [-0.4, -0.2) is 99.5 Å². The Hall–Kier alpha value is -2.13. The Morgan fingerprint density at radius 1 is 1.11 bits per heavy atom. The van der Waals surface area contributed by atoms with Crippen LogP contribution >= 0.6 is 11.6 Å². The molecule has 0 aliphatic carbocycles. The third-order valence-electron chi connectivity index (χ3n) is 6.96. The van der Waals surface area contributed by atoms with Crippen molar-refractivity contribution in [1.82, 2.24) is 9.96 Å². The monoisotopic (exact) mass is 538 g/mol. The number of hydrogen-bond acceptors (Lipinski definition) is 6. The van der Waals surface area contributed by atoms with E-state index in [1.165, 1.54) is 6.54 Å². The predicted octanol–water partition coefficient (Wildman–Crippen LogP) is 4.69. The van der Waals surface area contributed by atoms with E-state index in [4.69, 9.17) is 25.9 Å². The maximum atomic E-state index is 13.5. The number of hydrogen-bond donors (Lipinski definition) is 0. The summed E-state index contributed by atoms with van der Waals surface area (Å²) in [4.78, 5) is 32.9. The molecule has 37 heavy (non-hydrogen) atoms. The number of hydroxylamine groups is 2. The number of quaternary nitrogens is 1. The summed E-state index contributed by atoms with van der Waals surface area (Å²) in [6.45, 7) is 10.3. The van der Waals surface area contributed by atoms with Gasteiger partial charge in [0.05, 0.1) is 47.0 Å². The highest BCUT2D eigenvalue weighted by Crippen LogP contribution is 2.47. The number of ether oxygens (including phenoxy) is 2. The third-order valence-corrected chi connectivity index (χ3v) is 7.22. The molecule has 2 aliphatic heterocycles. The van der Waals surface area contributed by atoms with Gasteiger partial charge in [0.1, 0.15) is 5.54 Å². The molecule has 0 N–H and O–H groups in total. The number of carbonyl (C=O) groups excluding carboxylic acids is 2. The number of carbonyl (C=O) groups is 2. The van der Waals surface area contributed by atoms with Crippen LogP contribution in [0, 0.1) is 20.8 Å². The van der Waals surface area contributed by atoms with Crippen molar-refractivity contribution in [2.75, 3.05) is 67.4 Å². The summed E-state index contributed by atoms with van der Waals surface area (Å²) in [6, 6.07) is 4.09. The van der Waals surface area contributed by atoms with E-state index in [1.807, 2.05) is 38.0 Å². The lowest BCUT2D eigenvalue weighted by molar-refractivity contribution is -0.870. The van der Waals surface area contributed by atoms with Gasteiger partial charge in [-0.3, -0.25) is 4.79 Å². The van der Waals surface area contributed by atoms with Gasteiger partial charge in [-0.15, -0.1) is 11.6 Å². The van der Waals surface area contributed by atoms with Gasteiger partial charge in [-0.25, -0.2) is 4.79 Å². The molecule has 0 unspecified atom stereocenters. The average molecular weight is 539 g/mol. The highest BCUT2D eigenvalue weighted by Gasteiger charge is 2.54. The minimum atomic E-state index is -0.779. The van der Waals surface area contributed by atoms with Crippen LogP contribution in [0.15, 0.2) is 17.9 Å². The van der Waals surface area contributed by atoms with Gasteiger partial charge < -0.3 is 23.7 Å². The summed E-state index contributed by atoms with van der Waals surface area (Å²) in [7, 11) is 9.94. The first-order valence-electron chi connectivity index (χ1n) is 12.9. The molecule has 0 aromatic heterocycles. The fraction of sp³-hybridized carbons (Fsp3) is 0.643. The van der Waals surface area contributed by atoms with Crippen LogP contribution in [0.2, 0.25) is 0 Å². The van der Waals surface area contributed by atoms with E-state index in [1.54, 1.807) is 26.0 Å². The van der Waals surface area contributed by atoms with E-state index < -0.39 is 11.7 Å². The number of alkyl halides is 1. The van der Waals surface area contributed by atoms with Crippen molar-refractivity contribution in [1.29, 1.82) is 0 Å². The van der Waals surface area contributed by atoms with E-state index in [2.05, 4.69) is 21.1 Å². The Morgan fingerprint density at radius 3 is 2.11 bits per heavy atom. The molecular formula is C28H45ClN3O5+. The molecule has 2 aliphatic rings. The summed E-state index contributed by atoms with van der Waals surface area (Å²) < 4.78 is 11.8. The van der Waals surface area contributed by atoms with Gasteiger partial charge in [0.2, 0.25) is 0 Å². The number of benzene rings is 1. The summed E-state index contributed by atoms with van der Waals surface area (Å²) in [5.74, 6) is 1.05. The lowest BCUT2D eigenvalue weighted by atomic mass is 9.84. The zero-order valence-electron chi connectivity index (χ0n) is 24.1. The Kier molecular flexibility index (Phi) is 11.0. The summed E-state index contributed by atoms with van der Waals surface area (Å²) in [6.07, 6.45) is 1.54. The third kappa shape index (κ3) is 7.47. The standard InChI is InChI=1S/C22H30N2O5.C6H15ClN/c1-7-28-21(26)29-19-18(17-15(3)12-14(2)13-16(17)4)20(25)23(5)22(19)8-10-24(27-6)11-9-22;1-8(2,3)6-4-5-7/h12-13H,7-11H2,1-6H3;4-6H2,1-3H3/q;+1. The second-order valence-corrected chi connectivity index (χ2v) is 11.2. The van der Waals surface area contributed by atoms with Gasteiger partial charge in [-0.05, 0) is 57.2 Å². The van der Waals surface area contributed by atoms with Crippen molar-refractivity contribution >= 4 is 29.2 Å². The van der Waals surface area contributed by atoms with Gasteiger partial charge in [0.25, 0.3) is 5.91 Å². The Balaban J connectivity index is 0.000000521. The predicted molar refractivity (Wildman–Crippen MR) is 147 cm³/mol. The molecule has 1 aromatic rings. The molecular weight excluding hydrogens is 494 g/mol. The van der Waals surface area contributed by atoms with Gasteiger partial charge in [0, 0.05) is 32.4 Å². The zero-order valence-corrected chi connectivity index (χ0v) is 24.8.